The average Bonchev–Trinajstić information content (AvgIpc) is 3.58. The Morgan fingerprint density at radius 1 is 1.24 bits per heavy atom. The monoisotopic (exact) mass is 524 g/mol. The van der Waals surface area contributed by atoms with E-state index in [9.17, 15) is 19.5 Å². The van der Waals surface area contributed by atoms with Gasteiger partial charge in [-0.25, -0.2) is 0 Å². The molecule has 1 spiro atoms. The number of ether oxygens (including phenoxy) is 2. The first-order valence-electron chi connectivity index (χ1n) is 14.2. The summed E-state index contributed by atoms with van der Waals surface area (Å²) in [6, 6.07) is 8.20. The fourth-order valence-corrected chi connectivity index (χ4v) is 7.51. The first-order valence-corrected chi connectivity index (χ1v) is 14.2. The molecule has 0 aromatic heterocycles. The van der Waals surface area contributed by atoms with Gasteiger partial charge < -0.3 is 24.4 Å². The van der Waals surface area contributed by atoms with Crippen molar-refractivity contribution in [2.24, 2.45) is 11.8 Å². The van der Waals surface area contributed by atoms with Crippen LogP contribution in [0.1, 0.15) is 57.4 Å². The molecule has 8 nitrogen and oxygen atoms in total. The number of aliphatic hydroxyl groups excluding tert-OH is 1. The molecular weight excluding hydrogens is 484 g/mol. The summed E-state index contributed by atoms with van der Waals surface area (Å²) in [6.45, 7) is 5.95. The summed E-state index contributed by atoms with van der Waals surface area (Å²) in [5.41, 5.74) is -0.142. The fourth-order valence-electron chi connectivity index (χ4n) is 7.51. The van der Waals surface area contributed by atoms with Crippen LogP contribution in [0.2, 0.25) is 0 Å². The number of nitrogens with zero attached hydrogens (tertiary/aromatic N) is 2. The van der Waals surface area contributed by atoms with Crippen LogP contribution in [0.5, 0.6) is 0 Å². The number of carbonyl (C=O) groups excluding carboxylic acids is 3. The Labute approximate surface area is 225 Å². The highest BCUT2D eigenvalue weighted by Gasteiger charge is 2.75. The van der Waals surface area contributed by atoms with Gasteiger partial charge in [0.25, 0.3) is 0 Å². The third-order valence-electron chi connectivity index (χ3n) is 9.07. The Bertz CT molecular complexity index is 1040. The van der Waals surface area contributed by atoms with Crippen molar-refractivity contribution >= 4 is 17.8 Å². The van der Waals surface area contributed by atoms with E-state index in [-0.39, 0.29) is 31.1 Å². The van der Waals surface area contributed by atoms with Gasteiger partial charge in [0.05, 0.1) is 37.2 Å². The zero-order chi connectivity index (χ0) is 26.9. The third kappa shape index (κ3) is 4.45. The predicted octanol–water partition coefficient (Wildman–Crippen LogP) is 2.88. The minimum absolute atomic E-state index is 0.0720. The molecule has 1 N–H and O–H groups in total. The number of aliphatic hydroxyl groups is 1. The van der Waals surface area contributed by atoms with Crippen LogP contribution in [0.15, 0.2) is 43.0 Å². The van der Waals surface area contributed by atoms with Crippen LogP contribution >= 0.6 is 0 Å². The second-order valence-corrected chi connectivity index (χ2v) is 11.2. The fraction of sp³-hybridized carbons (Fsp3) is 0.633. The van der Waals surface area contributed by atoms with Crippen LogP contribution in [0, 0.1) is 11.8 Å². The lowest BCUT2D eigenvalue weighted by Gasteiger charge is -2.42. The summed E-state index contributed by atoms with van der Waals surface area (Å²) < 4.78 is 11.9. The van der Waals surface area contributed by atoms with E-state index in [0.717, 1.165) is 37.7 Å². The molecule has 2 amide bonds. The number of rotatable bonds is 10. The number of esters is 1. The van der Waals surface area contributed by atoms with Crippen LogP contribution in [0.3, 0.4) is 0 Å². The van der Waals surface area contributed by atoms with Gasteiger partial charge in [0.2, 0.25) is 11.8 Å². The maximum atomic E-state index is 14.6. The lowest BCUT2D eigenvalue weighted by atomic mass is 9.70. The lowest BCUT2D eigenvalue weighted by Crippen LogP contribution is -2.60. The molecule has 6 atom stereocenters. The van der Waals surface area contributed by atoms with Gasteiger partial charge in [0.1, 0.15) is 11.6 Å². The number of amides is 2. The molecule has 1 saturated carbocycles. The number of hydrogen-bond acceptors (Lipinski definition) is 6. The Hall–Kier alpha value is -2.71. The molecule has 8 heteroatoms. The molecule has 1 aromatic rings. The molecule has 4 fully saturated rings. The summed E-state index contributed by atoms with van der Waals surface area (Å²) in [5.74, 6) is -2.43. The van der Waals surface area contributed by atoms with Gasteiger partial charge in [-0.05, 0) is 44.6 Å². The maximum absolute atomic E-state index is 14.6. The molecule has 3 saturated heterocycles. The average molecular weight is 525 g/mol. The smallest absolute Gasteiger partial charge is 0.312 e. The van der Waals surface area contributed by atoms with E-state index in [0.29, 0.717) is 25.8 Å². The number of likely N-dealkylation sites (tertiary alicyclic amines) is 1. The van der Waals surface area contributed by atoms with Gasteiger partial charge in [-0.3, -0.25) is 14.4 Å². The third-order valence-corrected chi connectivity index (χ3v) is 9.07. The van der Waals surface area contributed by atoms with Gasteiger partial charge in [0.15, 0.2) is 0 Å². The summed E-state index contributed by atoms with van der Waals surface area (Å²) in [4.78, 5) is 45.4. The normalized spacial score (nSPS) is 31.2. The van der Waals surface area contributed by atoms with E-state index in [1.807, 2.05) is 35.2 Å². The molecule has 1 aliphatic carbocycles. The van der Waals surface area contributed by atoms with Crippen molar-refractivity contribution < 1.29 is 29.0 Å². The van der Waals surface area contributed by atoms with Crippen molar-refractivity contribution in [3.63, 3.8) is 0 Å². The Morgan fingerprint density at radius 2 is 1.97 bits per heavy atom. The van der Waals surface area contributed by atoms with Crippen molar-refractivity contribution in [2.45, 2.75) is 88.1 Å². The van der Waals surface area contributed by atoms with Crippen molar-refractivity contribution in [3.05, 3.63) is 48.6 Å². The Kier molecular flexibility index (Phi) is 7.91. The van der Waals surface area contributed by atoms with E-state index in [4.69, 9.17) is 9.47 Å². The molecule has 3 heterocycles. The van der Waals surface area contributed by atoms with E-state index >= 15 is 0 Å². The van der Waals surface area contributed by atoms with Crippen LogP contribution < -0.4 is 0 Å². The molecule has 206 valence electrons. The second kappa shape index (κ2) is 11.2. The molecule has 0 unspecified atom stereocenters. The zero-order valence-electron chi connectivity index (χ0n) is 22.3. The summed E-state index contributed by atoms with van der Waals surface area (Å²) >= 11 is 0. The summed E-state index contributed by atoms with van der Waals surface area (Å²) in [5, 5.41) is 10.6. The molecule has 3 aliphatic heterocycles. The molecule has 2 bridgehead atoms. The Morgan fingerprint density at radius 3 is 2.63 bits per heavy atom. The quantitative estimate of drug-likeness (QED) is 0.374. The molecule has 5 rings (SSSR count). The number of carbonyl (C=O) groups is 3. The highest BCUT2D eigenvalue weighted by atomic mass is 16.6. The molecule has 38 heavy (non-hydrogen) atoms. The van der Waals surface area contributed by atoms with Crippen LogP contribution in [-0.4, -0.2) is 82.3 Å². The van der Waals surface area contributed by atoms with Gasteiger partial charge in [-0.1, -0.05) is 55.7 Å². The van der Waals surface area contributed by atoms with Crippen molar-refractivity contribution in [1.29, 1.82) is 0 Å². The van der Waals surface area contributed by atoms with E-state index in [1.165, 1.54) is 0 Å². The largest absolute Gasteiger partial charge is 0.466 e. The molecule has 1 aromatic carbocycles. The first kappa shape index (κ1) is 26.9. The van der Waals surface area contributed by atoms with Gasteiger partial charge in [-0.15, -0.1) is 6.58 Å². The zero-order valence-corrected chi connectivity index (χ0v) is 22.3. The van der Waals surface area contributed by atoms with Gasteiger partial charge in [-0.2, -0.15) is 0 Å². The van der Waals surface area contributed by atoms with Crippen LogP contribution in [-0.2, 0) is 30.3 Å². The van der Waals surface area contributed by atoms with Crippen LogP contribution in [0.25, 0.3) is 0 Å². The SMILES string of the molecule is C=CCN(C(=O)[C@@H]1N([C@@H](CO)Cc2ccccc2)C(=O)[C@H]2[C@H](C(=O)OCC)[C@@H]3CC[C@]12O3)C1CCCCC1. The van der Waals surface area contributed by atoms with Crippen molar-refractivity contribution in [2.75, 3.05) is 19.8 Å². The Balaban J connectivity index is 1.56. The molecule has 0 radical (unpaired) electrons. The number of hydrogen-bond donors (Lipinski definition) is 1. The number of benzene rings is 1. The predicted molar refractivity (Wildman–Crippen MR) is 141 cm³/mol. The minimum atomic E-state index is -1.10. The van der Waals surface area contributed by atoms with Crippen LogP contribution in [0.4, 0.5) is 0 Å². The lowest BCUT2D eigenvalue weighted by molar-refractivity contribution is -0.156. The van der Waals surface area contributed by atoms with Crippen molar-refractivity contribution in [3.8, 4) is 0 Å². The maximum Gasteiger partial charge on any atom is 0.312 e. The van der Waals surface area contributed by atoms with Crippen molar-refractivity contribution in [1.82, 2.24) is 9.80 Å². The topological polar surface area (TPSA) is 96.4 Å². The van der Waals surface area contributed by atoms with E-state index in [1.54, 1.807) is 17.9 Å². The molecular formula is C30H40N2O6. The summed E-state index contributed by atoms with van der Waals surface area (Å²) in [7, 11) is 0. The highest BCUT2D eigenvalue weighted by Crippen LogP contribution is 2.59. The summed E-state index contributed by atoms with van der Waals surface area (Å²) in [6.07, 6.45) is 7.92. The van der Waals surface area contributed by atoms with Gasteiger partial charge >= 0.3 is 5.97 Å². The van der Waals surface area contributed by atoms with Gasteiger partial charge in [0, 0.05) is 12.6 Å². The minimum Gasteiger partial charge on any atom is -0.466 e. The van der Waals surface area contributed by atoms with E-state index < -0.39 is 41.6 Å². The molecule has 4 aliphatic rings. The second-order valence-electron chi connectivity index (χ2n) is 11.2. The van der Waals surface area contributed by atoms with E-state index in [2.05, 4.69) is 6.58 Å². The highest BCUT2D eigenvalue weighted by molar-refractivity contribution is 5.98. The number of fused-ring (bicyclic) bond motifs is 1. The first-order chi connectivity index (χ1) is 18.5. The standard InChI is InChI=1S/C30H40N2O6/c1-3-17-31(21-13-9-6-10-14-21)28(35)26-30-16-15-23(38-30)24(29(36)37-4-2)25(30)27(34)32(26)22(19-33)18-20-11-7-5-8-12-20/h3,5,7-8,11-12,21-26,33H,1,4,6,9-10,13-19H2,2H3/t22-,23+,24-,25-,26+,30-/m1/s1.